The summed E-state index contributed by atoms with van der Waals surface area (Å²) < 4.78 is 0. The maximum Gasteiger partial charge on any atom is 0.214 e. The molecule has 2 rings (SSSR count). The van der Waals surface area contributed by atoms with Crippen LogP contribution in [0.25, 0.3) is 6.08 Å². The molecule has 1 aromatic heterocycles. The summed E-state index contributed by atoms with van der Waals surface area (Å²) in [5.41, 5.74) is 1.17. The van der Waals surface area contributed by atoms with Crippen molar-refractivity contribution in [2.24, 2.45) is 0 Å². The number of hydrogen-bond acceptors (Lipinski definition) is 4. The first kappa shape index (κ1) is 11.7. The Morgan fingerprint density at radius 2 is 2.00 bits per heavy atom. The molecule has 0 radical (unpaired) electrons. The molecule has 0 atom stereocenters. The van der Waals surface area contributed by atoms with Crippen LogP contribution in [0.15, 0.2) is 53.8 Å². The maximum absolute atomic E-state index is 9.17. The molecule has 0 fully saturated rings. The molecule has 1 heterocycles. The average molecular weight is 244 g/mol. The van der Waals surface area contributed by atoms with Crippen molar-refractivity contribution in [2.45, 2.75) is 5.16 Å². The van der Waals surface area contributed by atoms with Gasteiger partial charge in [-0.05, 0) is 5.56 Å². The standard InChI is InChI=1S/C13H12N2OS/c16-12-8-9-14-13(15-12)17-10-4-7-11-5-2-1-3-6-11/h1-9H,10H2,(H,14,15,16)/b7-4+. The van der Waals surface area contributed by atoms with Gasteiger partial charge >= 0.3 is 0 Å². The lowest BCUT2D eigenvalue weighted by Crippen LogP contribution is -1.85. The Balaban J connectivity index is 1.86. The van der Waals surface area contributed by atoms with Gasteiger partial charge < -0.3 is 5.11 Å². The van der Waals surface area contributed by atoms with E-state index >= 15 is 0 Å². The van der Waals surface area contributed by atoms with Gasteiger partial charge in [-0.15, -0.1) is 0 Å². The van der Waals surface area contributed by atoms with Gasteiger partial charge in [-0.2, -0.15) is 4.98 Å². The van der Waals surface area contributed by atoms with Gasteiger partial charge in [0.1, 0.15) is 0 Å². The first-order chi connectivity index (χ1) is 8.34. The number of hydrogen-bond donors (Lipinski definition) is 1. The van der Waals surface area contributed by atoms with Gasteiger partial charge in [-0.25, -0.2) is 4.98 Å². The Morgan fingerprint density at radius 3 is 2.76 bits per heavy atom. The minimum absolute atomic E-state index is 0.00883. The summed E-state index contributed by atoms with van der Waals surface area (Å²) in [7, 11) is 0. The Morgan fingerprint density at radius 1 is 1.18 bits per heavy atom. The van der Waals surface area contributed by atoms with Crippen LogP contribution in [0, 0.1) is 0 Å². The average Bonchev–Trinajstić information content (AvgIpc) is 2.36. The molecule has 1 aromatic carbocycles. The molecule has 17 heavy (non-hydrogen) atoms. The smallest absolute Gasteiger partial charge is 0.214 e. The predicted molar refractivity (Wildman–Crippen MR) is 69.9 cm³/mol. The molecule has 1 N–H and O–H groups in total. The quantitative estimate of drug-likeness (QED) is 0.663. The predicted octanol–water partition coefficient (Wildman–Crippen LogP) is 2.99. The molecule has 0 unspecified atom stereocenters. The van der Waals surface area contributed by atoms with Crippen LogP contribution in [0.2, 0.25) is 0 Å². The van der Waals surface area contributed by atoms with Gasteiger partial charge in [0.2, 0.25) is 5.88 Å². The Labute approximate surface area is 104 Å². The number of aromatic nitrogens is 2. The van der Waals surface area contributed by atoms with E-state index in [4.69, 9.17) is 5.11 Å². The fourth-order valence-electron chi connectivity index (χ4n) is 1.27. The number of aromatic hydroxyl groups is 1. The molecule has 2 aromatic rings. The van der Waals surface area contributed by atoms with E-state index in [2.05, 4.69) is 16.0 Å². The van der Waals surface area contributed by atoms with Crippen molar-refractivity contribution in [3.63, 3.8) is 0 Å². The van der Waals surface area contributed by atoms with Crippen LogP contribution in [-0.4, -0.2) is 20.8 Å². The van der Waals surface area contributed by atoms with Gasteiger partial charge in [0.25, 0.3) is 0 Å². The van der Waals surface area contributed by atoms with Gasteiger partial charge in [0, 0.05) is 18.0 Å². The third-order valence-corrected chi connectivity index (χ3v) is 2.85. The normalized spacial score (nSPS) is 10.8. The van der Waals surface area contributed by atoms with E-state index < -0.39 is 0 Å². The summed E-state index contributed by atoms with van der Waals surface area (Å²) in [4.78, 5) is 7.93. The van der Waals surface area contributed by atoms with Crippen molar-refractivity contribution in [1.82, 2.24) is 9.97 Å². The number of thioether (sulfide) groups is 1. The SMILES string of the molecule is Oc1ccnc(SC/C=C/c2ccccc2)n1. The summed E-state index contributed by atoms with van der Waals surface area (Å²) in [5.74, 6) is 0.785. The van der Waals surface area contributed by atoms with Gasteiger partial charge in [0.15, 0.2) is 5.16 Å². The van der Waals surface area contributed by atoms with E-state index in [9.17, 15) is 0 Å². The highest BCUT2D eigenvalue weighted by Crippen LogP contribution is 2.15. The number of benzene rings is 1. The molecule has 3 nitrogen and oxygen atoms in total. The summed E-state index contributed by atoms with van der Waals surface area (Å²) in [5, 5.41) is 9.75. The van der Waals surface area contributed by atoms with Gasteiger partial charge in [-0.3, -0.25) is 0 Å². The monoisotopic (exact) mass is 244 g/mol. The zero-order valence-electron chi connectivity index (χ0n) is 9.15. The number of rotatable bonds is 4. The van der Waals surface area contributed by atoms with Gasteiger partial charge in [-0.1, -0.05) is 54.2 Å². The van der Waals surface area contributed by atoms with Crippen LogP contribution < -0.4 is 0 Å². The fraction of sp³-hybridized carbons (Fsp3) is 0.0769. The summed E-state index contributed by atoms with van der Waals surface area (Å²) in [6.07, 6.45) is 5.65. The van der Waals surface area contributed by atoms with E-state index in [0.29, 0.717) is 5.16 Å². The first-order valence-corrected chi connectivity index (χ1v) is 6.19. The van der Waals surface area contributed by atoms with Gasteiger partial charge in [0.05, 0.1) is 0 Å². The molecule has 0 aliphatic heterocycles. The minimum Gasteiger partial charge on any atom is -0.493 e. The molecule has 0 spiro atoms. The summed E-state index contributed by atoms with van der Waals surface area (Å²) in [6.45, 7) is 0. The first-order valence-electron chi connectivity index (χ1n) is 5.21. The highest BCUT2D eigenvalue weighted by atomic mass is 32.2. The second kappa shape index (κ2) is 6.06. The Kier molecular flexibility index (Phi) is 4.16. The van der Waals surface area contributed by atoms with E-state index in [1.165, 1.54) is 23.4 Å². The second-order valence-corrected chi connectivity index (χ2v) is 4.31. The summed E-state index contributed by atoms with van der Waals surface area (Å²) in [6, 6.07) is 11.6. The van der Waals surface area contributed by atoms with Crippen molar-refractivity contribution in [2.75, 3.05) is 5.75 Å². The van der Waals surface area contributed by atoms with Crippen LogP contribution in [0.5, 0.6) is 5.88 Å². The van der Waals surface area contributed by atoms with Crippen LogP contribution >= 0.6 is 11.8 Å². The van der Waals surface area contributed by atoms with Crippen molar-refractivity contribution in [3.05, 3.63) is 54.2 Å². The third-order valence-electron chi connectivity index (χ3n) is 2.04. The third kappa shape index (κ3) is 3.92. The van der Waals surface area contributed by atoms with Crippen molar-refractivity contribution < 1.29 is 5.11 Å². The molecule has 0 bridgehead atoms. The lowest BCUT2D eigenvalue weighted by Gasteiger charge is -1.96. The van der Waals surface area contributed by atoms with Crippen molar-refractivity contribution in [3.8, 4) is 5.88 Å². The zero-order valence-corrected chi connectivity index (χ0v) is 9.97. The van der Waals surface area contributed by atoms with Crippen molar-refractivity contribution >= 4 is 17.8 Å². The molecule has 0 aliphatic rings. The highest BCUT2D eigenvalue weighted by Gasteiger charge is 1.96. The van der Waals surface area contributed by atoms with Crippen LogP contribution in [0.4, 0.5) is 0 Å². The Bertz CT molecular complexity index is 500. The maximum atomic E-state index is 9.17. The Hall–Kier alpha value is -1.81. The lowest BCUT2D eigenvalue weighted by atomic mass is 10.2. The zero-order chi connectivity index (χ0) is 11.9. The number of nitrogens with zero attached hydrogens (tertiary/aromatic N) is 2. The molecule has 0 aliphatic carbocycles. The fourth-order valence-corrected chi connectivity index (χ4v) is 1.91. The van der Waals surface area contributed by atoms with Crippen LogP contribution in [0.1, 0.15) is 5.56 Å². The minimum atomic E-state index is 0.00883. The molecule has 0 saturated carbocycles. The second-order valence-electron chi connectivity index (χ2n) is 3.32. The molecular weight excluding hydrogens is 232 g/mol. The van der Waals surface area contributed by atoms with E-state index in [1.807, 2.05) is 36.4 Å². The molecular formula is C13H12N2OS. The molecule has 0 amide bonds. The topological polar surface area (TPSA) is 46.0 Å². The molecule has 86 valence electrons. The largest absolute Gasteiger partial charge is 0.493 e. The molecule has 0 saturated heterocycles. The highest BCUT2D eigenvalue weighted by molar-refractivity contribution is 7.99. The van der Waals surface area contributed by atoms with E-state index in [-0.39, 0.29) is 5.88 Å². The van der Waals surface area contributed by atoms with E-state index in [0.717, 1.165) is 5.75 Å². The van der Waals surface area contributed by atoms with Crippen LogP contribution in [0.3, 0.4) is 0 Å². The molecule has 4 heteroatoms. The lowest BCUT2D eigenvalue weighted by molar-refractivity contribution is 0.445. The van der Waals surface area contributed by atoms with E-state index in [1.54, 1.807) is 6.20 Å². The summed E-state index contributed by atoms with van der Waals surface area (Å²) >= 11 is 1.48. The van der Waals surface area contributed by atoms with Crippen LogP contribution in [-0.2, 0) is 0 Å². The van der Waals surface area contributed by atoms with Crippen molar-refractivity contribution in [1.29, 1.82) is 0 Å².